The predicted octanol–water partition coefficient (Wildman–Crippen LogP) is 2.09. The van der Waals surface area contributed by atoms with Crippen LogP contribution in [0.5, 0.6) is 0 Å². The van der Waals surface area contributed by atoms with Crippen LogP contribution in [0.2, 0.25) is 0 Å². The summed E-state index contributed by atoms with van der Waals surface area (Å²) in [6.07, 6.45) is 3.92. The molecule has 6 nitrogen and oxygen atoms in total. The van der Waals surface area contributed by atoms with Crippen molar-refractivity contribution in [2.75, 3.05) is 19.6 Å². The van der Waals surface area contributed by atoms with E-state index in [1.54, 1.807) is 0 Å². The maximum atomic E-state index is 4.80. The van der Waals surface area contributed by atoms with Crippen molar-refractivity contribution in [1.82, 2.24) is 29.4 Å². The van der Waals surface area contributed by atoms with Crippen LogP contribution in [0.25, 0.3) is 11.3 Å². The van der Waals surface area contributed by atoms with Crippen LogP contribution in [-0.4, -0.2) is 49.1 Å². The molecular weight excluding hydrogens is 312 g/mol. The van der Waals surface area contributed by atoms with E-state index in [2.05, 4.69) is 61.7 Å². The molecular formula is C19H24N6. The largest absolute Gasteiger partial charge is 0.317 e. The molecule has 0 bridgehead atoms. The average Bonchev–Trinajstić information content (AvgIpc) is 3.10. The number of hydrogen-bond acceptors (Lipinski definition) is 4. The van der Waals surface area contributed by atoms with Gasteiger partial charge in [0.2, 0.25) is 0 Å². The van der Waals surface area contributed by atoms with E-state index in [1.807, 2.05) is 13.3 Å². The normalized spacial score (nSPS) is 15.1. The van der Waals surface area contributed by atoms with E-state index in [9.17, 15) is 0 Å². The van der Waals surface area contributed by atoms with Gasteiger partial charge in [0.1, 0.15) is 12.2 Å². The van der Waals surface area contributed by atoms with Crippen LogP contribution in [-0.2, 0) is 26.4 Å². The summed E-state index contributed by atoms with van der Waals surface area (Å²) < 4.78 is 4.19. The molecule has 0 amide bonds. The Labute approximate surface area is 148 Å². The highest BCUT2D eigenvalue weighted by Crippen LogP contribution is 2.27. The number of aromatic nitrogens is 5. The molecule has 0 spiro atoms. The summed E-state index contributed by atoms with van der Waals surface area (Å²) in [7, 11) is 2.07. The van der Waals surface area contributed by atoms with Crippen molar-refractivity contribution in [3.8, 4) is 11.3 Å². The summed E-state index contributed by atoms with van der Waals surface area (Å²) in [5.41, 5.74) is 5.15. The lowest BCUT2D eigenvalue weighted by Gasteiger charge is -2.20. The van der Waals surface area contributed by atoms with E-state index in [-0.39, 0.29) is 0 Å². The van der Waals surface area contributed by atoms with Gasteiger partial charge in [0, 0.05) is 56.5 Å². The predicted molar refractivity (Wildman–Crippen MR) is 97.3 cm³/mol. The minimum Gasteiger partial charge on any atom is -0.317 e. The Morgan fingerprint density at radius 1 is 1.04 bits per heavy atom. The van der Waals surface area contributed by atoms with Crippen LogP contribution in [0.1, 0.15) is 17.1 Å². The van der Waals surface area contributed by atoms with Crippen molar-refractivity contribution in [2.45, 2.75) is 26.3 Å². The van der Waals surface area contributed by atoms with Gasteiger partial charge in [0.25, 0.3) is 0 Å². The van der Waals surface area contributed by atoms with Crippen LogP contribution in [0, 0.1) is 6.92 Å². The fourth-order valence-electron chi connectivity index (χ4n) is 3.66. The molecule has 0 aliphatic carbocycles. The van der Waals surface area contributed by atoms with Crippen molar-refractivity contribution in [2.24, 2.45) is 7.05 Å². The molecule has 0 radical (unpaired) electrons. The van der Waals surface area contributed by atoms with Crippen LogP contribution >= 0.6 is 0 Å². The Morgan fingerprint density at radius 2 is 1.84 bits per heavy atom. The summed E-state index contributed by atoms with van der Waals surface area (Å²) in [6.45, 7) is 6.12. The number of fused-ring (bicyclic) bond motifs is 1. The van der Waals surface area contributed by atoms with Crippen LogP contribution in [0.15, 0.2) is 36.7 Å². The molecule has 25 heavy (non-hydrogen) atoms. The van der Waals surface area contributed by atoms with E-state index in [1.165, 1.54) is 16.8 Å². The molecule has 0 saturated carbocycles. The molecule has 0 N–H and O–H groups in total. The van der Waals surface area contributed by atoms with Crippen molar-refractivity contribution in [1.29, 1.82) is 0 Å². The zero-order valence-electron chi connectivity index (χ0n) is 14.9. The Bertz CT molecular complexity index is 848. The second kappa shape index (κ2) is 6.80. The number of aryl methyl sites for hydroxylation is 2. The van der Waals surface area contributed by atoms with E-state index >= 15 is 0 Å². The lowest BCUT2D eigenvalue weighted by atomic mass is 10.0. The van der Waals surface area contributed by atoms with Gasteiger partial charge >= 0.3 is 0 Å². The molecule has 3 aromatic rings. The van der Waals surface area contributed by atoms with Crippen molar-refractivity contribution in [3.63, 3.8) is 0 Å². The summed E-state index contributed by atoms with van der Waals surface area (Å²) >= 11 is 0. The first-order valence-electron chi connectivity index (χ1n) is 8.89. The van der Waals surface area contributed by atoms with Gasteiger partial charge in [0.05, 0.1) is 5.69 Å². The van der Waals surface area contributed by atoms with Crippen LogP contribution in [0.3, 0.4) is 0 Å². The number of benzene rings is 1. The molecule has 130 valence electrons. The maximum Gasteiger partial charge on any atom is 0.129 e. The van der Waals surface area contributed by atoms with Gasteiger partial charge in [-0.05, 0) is 13.3 Å². The second-order valence-electron chi connectivity index (χ2n) is 6.68. The quantitative estimate of drug-likeness (QED) is 0.732. The van der Waals surface area contributed by atoms with Gasteiger partial charge in [-0.1, -0.05) is 30.3 Å². The molecule has 1 aromatic carbocycles. The molecule has 1 aliphatic rings. The fourth-order valence-corrected chi connectivity index (χ4v) is 3.66. The van der Waals surface area contributed by atoms with E-state index in [0.717, 1.165) is 50.5 Å². The Morgan fingerprint density at radius 3 is 2.60 bits per heavy atom. The van der Waals surface area contributed by atoms with Crippen molar-refractivity contribution >= 4 is 0 Å². The van der Waals surface area contributed by atoms with Gasteiger partial charge in [-0.25, -0.2) is 0 Å². The highest BCUT2D eigenvalue weighted by molar-refractivity contribution is 5.64. The summed E-state index contributed by atoms with van der Waals surface area (Å²) in [5, 5.41) is 12.8. The molecule has 0 unspecified atom stereocenters. The standard InChI is InChI=1S/C19H24N6/c1-15-21-20-14-25(15)13-12-24-10-8-17-18(9-11-24)23(2)22-19(17)16-6-4-3-5-7-16/h3-7,14H,8-13H2,1-2H3. The van der Waals surface area contributed by atoms with Gasteiger partial charge in [0.15, 0.2) is 0 Å². The molecule has 3 heterocycles. The summed E-state index contributed by atoms with van der Waals surface area (Å²) in [4.78, 5) is 2.54. The number of hydrogen-bond donors (Lipinski definition) is 0. The lowest BCUT2D eigenvalue weighted by molar-refractivity contribution is 0.273. The first kappa shape index (κ1) is 16.0. The minimum atomic E-state index is 0.943. The van der Waals surface area contributed by atoms with E-state index < -0.39 is 0 Å². The third kappa shape index (κ3) is 3.22. The van der Waals surface area contributed by atoms with Crippen LogP contribution in [0.4, 0.5) is 0 Å². The molecule has 2 aromatic heterocycles. The number of rotatable bonds is 4. The van der Waals surface area contributed by atoms with Gasteiger partial charge < -0.3 is 9.47 Å². The first-order valence-corrected chi connectivity index (χ1v) is 8.89. The van der Waals surface area contributed by atoms with Gasteiger partial charge in [-0.2, -0.15) is 5.10 Å². The topological polar surface area (TPSA) is 51.8 Å². The molecule has 0 fully saturated rings. The highest BCUT2D eigenvalue weighted by atomic mass is 15.3. The van der Waals surface area contributed by atoms with Gasteiger partial charge in [-0.3, -0.25) is 4.68 Å². The molecule has 4 rings (SSSR count). The maximum absolute atomic E-state index is 4.80. The van der Waals surface area contributed by atoms with Crippen LogP contribution < -0.4 is 0 Å². The molecule has 0 saturated heterocycles. The Balaban J connectivity index is 1.49. The zero-order valence-corrected chi connectivity index (χ0v) is 14.9. The zero-order chi connectivity index (χ0) is 17.2. The van der Waals surface area contributed by atoms with Gasteiger partial charge in [-0.15, -0.1) is 10.2 Å². The summed E-state index contributed by atoms with van der Waals surface area (Å²) in [6, 6.07) is 10.5. The third-order valence-corrected chi connectivity index (χ3v) is 5.13. The number of nitrogens with zero attached hydrogens (tertiary/aromatic N) is 6. The molecule has 0 atom stereocenters. The fraction of sp³-hybridized carbons (Fsp3) is 0.421. The highest BCUT2D eigenvalue weighted by Gasteiger charge is 2.22. The average molecular weight is 336 g/mol. The lowest BCUT2D eigenvalue weighted by Crippen LogP contribution is -2.30. The molecule has 6 heteroatoms. The second-order valence-corrected chi connectivity index (χ2v) is 6.68. The Kier molecular flexibility index (Phi) is 4.36. The monoisotopic (exact) mass is 336 g/mol. The van der Waals surface area contributed by atoms with Crippen molar-refractivity contribution in [3.05, 3.63) is 53.7 Å². The summed E-state index contributed by atoms with van der Waals surface area (Å²) in [5.74, 6) is 0.980. The minimum absolute atomic E-state index is 0.943. The molecule has 1 aliphatic heterocycles. The third-order valence-electron chi connectivity index (χ3n) is 5.13. The van der Waals surface area contributed by atoms with Crippen molar-refractivity contribution < 1.29 is 0 Å². The first-order chi connectivity index (χ1) is 12.2. The Hall–Kier alpha value is -2.47. The smallest absolute Gasteiger partial charge is 0.129 e. The van der Waals surface area contributed by atoms with E-state index in [4.69, 9.17) is 5.10 Å². The van der Waals surface area contributed by atoms with E-state index in [0.29, 0.717) is 0 Å². The SMILES string of the molecule is Cc1nncn1CCN1CCc2c(-c3ccccc3)nn(C)c2CC1.